The van der Waals surface area contributed by atoms with Crippen LogP contribution in [0.3, 0.4) is 0 Å². The number of halogens is 1. The Morgan fingerprint density at radius 2 is 2.16 bits per heavy atom. The number of aryl methyl sites for hydroxylation is 1. The Bertz CT molecular complexity index is 586. The number of hydrogen-bond donors (Lipinski definition) is 2. The molecule has 0 unspecified atom stereocenters. The molecule has 140 valence electrons. The van der Waals surface area contributed by atoms with Gasteiger partial charge >= 0.3 is 0 Å². The Kier molecular flexibility index (Phi) is 8.61. The summed E-state index contributed by atoms with van der Waals surface area (Å²) in [5.74, 6) is 1.43. The largest absolute Gasteiger partial charge is 0.357 e. The third kappa shape index (κ3) is 7.17. The fourth-order valence-corrected chi connectivity index (χ4v) is 2.73. The van der Waals surface area contributed by atoms with Crippen molar-refractivity contribution in [1.29, 1.82) is 0 Å². The number of carbonyl (C=O) groups is 1. The van der Waals surface area contributed by atoms with Crippen molar-refractivity contribution in [1.82, 2.24) is 15.2 Å². The molecule has 0 aromatic carbocycles. The summed E-state index contributed by atoms with van der Waals surface area (Å²) in [5, 5.41) is 6.13. The zero-order chi connectivity index (χ0) is 17.6. The van der Waals surface area contributed by atoms with E-state index >= 15 is 0 Å². The second-order valence-corrected chi connectivity index (χ2v) is 7.09. The van der Waals surface area contributed by atoms with E-state index in [4.69, 9.17) is 0 Å². The van der Waals surface area contributed by atoms with Crippen LogP contribution in [0.1, 0.15) is 39.2 Å². The lowest BCUT2D eigenvalue weighted by Gasteiger charge is -2.23. The van der Waals surface area contributed by atoms with Gasteiger partial charge in [-0.1, -0.05) is 19.9 Å². The first-order chi connectivity index (χ1) is 11.4. The first-order valence-electron chi connectivity index (χ1n) is 8.65. The highest BCUT2D eigenvalue weighted by atomic mass is 127. The molecule has 1 aliphatic heterocycles. The van der Waals surface area contributed by atoms with Crippen molar-refractivity contribution in [3.63, 3.8) is 0 Å². The molecule has 0 radical (unpaired) electrons. The van der Waals surface area contributed by atoms with Gasteiger partial charge in [0, 0.05) is 32.3 Å². The average Bonchev–Trinajstić information content (AvgIpc) is 2.89. The van der Waals surface area contributed by atoms with Gasteiger partial charge in [-0.3, -0.25) is 9.79 Å². The van der Waals surface area contributed by atoms with Crippen LogP contribution in [-0.2, 0) is 4.79 Å². The topological polar surface area (TPSA) is 69.6 Å². The number of anilines is 1. The number of guanidine groups is 1. The Labute approximate surface area is 167 Å². The number of hydrogen-bond acceptors (Lipinski definition) is 3. The summed E-state index contributed by atoms with van der Waals surface area (Å²) < 4.78 is 0. The van der Waals surface area contributed by atoms with Gasteiger partial charge < -0.3 is 15.5 Å². The molecule has 1 aromatic heterocycles. The predicted molar refractivity (Wildman–Crippen MR) is 114 cm³/mol. The molecule has 2 N–H and O–H groups in total. The molecule has 2 rings (SSSR count). The van der Waals surface area contributed by atoms with E-state index in [-0.39, 0.29) is 29.9 Å². The highest BCUT2D eigenvalue weighted by Crippen LogP contribution is 2.28. The van der Waals surface area contributed by atoms with E-state index in [9.17, 15) is 4.79 Å². The van der Waals surface area contributed by atoms with Crippen LogP contribution in [0.4, 0.5) is 5.82 Å². The minimum atomic E-state index is -0.0623. The number of aliphatic imine (C=N–C) groups is 1. The first-order valence-corrected chi connectivity index (χ1v) is 8.65. The van der Waals surface area contributed by atoms with Crippen molar-refractivity contribution in [3.8, 4) is 0 Å². The fraction of sp³-hybridized carbons (Fsp3) is 0.611. The molecule has 2 heterocycles. The molecule has 0 atom stereocenters. The SMILES string of the molecule is CCNC(=NCCC(=O)Nc1ccc(C)cn1)N1CCC(C)(C)C1.I. The molecule has 25 heavy (non-hydrogen) atoms. The molecule has 1 fully saturated rings. The van der Waals surface area contributed by atoms with Gasteiger partial charge in [0.1, 0.15) is 5.82 Å². The summed E-state index contributed by atoms with van der Waals surface area (Å²) in [6, 6.07) is 3.74. The molecular weight excluding hydrogens is 429 g/mol. The van der Waals surface area contributed by atoms with Crippen LogP contribution in [0.2, 0.25) is 0 Å². The lowest BCUT2D eigenvalue weighted by atomic mass is 9.93. The minimum Gasteiger partial charge on any atom is -0.357 e. The molecule has 0 aliphatic carbocycles. The van der Waals surface area contributed by atoms with Crippen molar-refractivity contribution in [2.75, 3.05) is 31.5 Å². The third-order valence-corrected chi connectivity index (χ3v) is 4.09. The number of carbonyl (C=O) groups excluding carboxylic acids is 1. The summed E-state index contributed by atoms with van der Waals surface area (Å²) in [6.45, 7) is 11.9. The van der Waals surface area contributed by atoms with Crippen LogP contribution in [0.15, 0.2) is 23.3 Å². The maximum Gasteiger partial charge on any atom is 0.227 e. The quantitative estimate of drug-likeness (QED) is 0.404. The summed E-state index contributed by atoms with van der Waals surface area (Å²) in [7, 11) is 0. The zero-order valence-corrected chi connectivity index (χ0v) is 18.0. The van der Waals surface area contributed by atoms with Crippen LogP contribution in [0.5, 0.6) is 0 Å². The summed E-state index contributed by atoms with van der Waals surface area (Å²) in [5.41, 5.74) is 1.39. The molecule has 1 saturated heterocycles. The van der Waals surface area contributed by atoms with Crippen LogP contribution in [0.25, 0.3) is 0 Å². The summed E-state index contributed by atoms with van der Waals surface area (Å²) in [6.07, 6.45) is 3.25. The first kappa shape index (κ1) is 21.7. The number of nitrogens with one attached hydrogen (secondary N) is 2. The predicted octanol–water partition coefficient (Wildman–Crippen LogP) is 3.03. The van der Waals surface area contributed by atoms with Crippen molar-refractivity contribution >= 4 is 41.7 Å². The Morgan fingerprint density at radius 3 is 2.72 bits per heavy atom. The number of rotatable bonds is 5. The average molecular weight is 459 g/mol. The van der Waals surface area contributed by atoms with E-state index in [1.165, 1.54) is 0 Å². The van der Waals surface area contributed by atoms with E-state index in [0.717, 1.165) is 37.6 Å². The van der Waals surface area contributed by atoms with E-state index in [1.54, 1.807) is 6.20 Å². The van der Waals surface area contributed by atoms with Crippen LogP contribution in [-0.4, -0.2) is 47.9 Å². The van der Waals surface area contributed by atoms with Crippen molar-refractivity contribution in [2.24, 2.45) is 10.4 Å². The summed E-state index contributed by atoms with van der Waals surface area (Å²) in [4.78, 5) is 23.1. The molecule has 0 bridgehead atoms. The Balaban J connectivity index is 0.00000312. The second-order valence-electron chi connectivity index (χ2n) is 7.09. The standard InChI is InChI=1S/C18H29N5O.HI/c1-5-19-17(23-11-9-18(3,4)13-23)20-10-8-16(24)22-15-7-6-14(2)12-21-15;/h6-7,12H,5,8-11,13H2,1-4H3,(H,19,20)(H,21,22,24);1H. The Morgan fingerprint density at radius 1 is 1.40 bits per heavy atom. The lowest BCUT2D eigenvalue weighted by Crippen LogP contribution is -2.41. The van der Waals surface area contributed by atoms with Crippen LogP contribution in [0, 0.1) is 12.3 Å². The van der Waals surface area contributed by atoms with Gasteiger partial charge in [-0.05, 0) is 37.3 Å². The van der Waals surface area contributed by atoms with Gasteiger partial charge in [-0.25, -0.2) is 4.98 Å². The van der Waals surface area contributed by atoms with Crippen molar-refractivity contribution in [2.45, 2.75) is 40.5 Å². The van der Waals surface area contributed by atoms with Gasteiger partial charge in [0.05, 0.1) is 6.54 Å². The Hall–Kier alpha value is -1.38. The number of nitrogens with zero attached hydrogens (tertiary/aromatic N) is 3. The number of likely N-dealkylation sites (tertiary alicyclic amines) is 1. The fourth-order valence-electron chi connectivity index (χ4n) is 2.73. The molecule has 1 amide bonds. The van der Waals surface area contributed by atoms with E-state index in [0.29, 0.717) is 24.2 Å². The van der Waals surface area contributed by atoms with Crippen LogP contribution >= 0.6 is 24.0 Å². The normalized spacial score (nSPS) is 16.3. The maximum atomic E-state index is 12.0. The summed E-state index contributed by atoms with van der Waals surface area (Å²) >= 11 is 0. The van der Waals surface area contributed by atoms with Gasteiger partial charge in [0.2, 0.25) is 5.91 Å². The second kappa shape index (κ2) is 9.94. The third-order valence-electron chi connectivity index (χ3n) is 4.09. The van der Waals surface area contributed by atoms with Crippen molar-refractivity contribution < 1.29 is 4.79 Å². The van der Waals surface area contributed by atoms with Crippen molar-refractivity contribution in [3.05, 3.63) is 23.9 Å². The van der Waals surface area contributed by atoms with Gasteiger partial charge in [0.15, 0.2) is 5.96 Å². The highest BCUT2D eigenvalue weighted by molar-refractivity contribution is 14.0. The number of amides is 1. The molecule has 6 nitrogen and oxygen atoms in total. The number of aromatic nitrogens is 1. The molecule has 0 saturated carbocycles. The van der Waals surface area contributed by atoms with Gasteiger partial charge in [-0.15, -0.1) is 24.0 Å². The van der Waals surface area contributed by atoms with E-state index in [1.807, 2.05) is 19.1 Å². The lowest BCUT2D eigenvalue weighted by molar-refractivity contribution is -0.116. The molecule has 7 heteroatoms. The minimum absolute atomic E-state index is 0. The van der Waals surface area contributed by atoms with E-state index < -0.39 is 0 Å². The van der Waals surface area contributed by atoms with Gasteiger partial charge in [-0.2, -0.15) is 0 Å². The maximum absolute atomic E-state index is 12.0. The molecule has 1 aromatic rings. The van der Waals surface area contributed by atoms with Gasteiger partial charge in [0.25, 0.3) is 0 Å². The van der Waals surface area contributed by atoms with E-state index in [2.05, 4.69) is 46.3 Å². The molecule has 0 spiro atoms. The van der Waals surface area contributed by atoms with Crippen LogP contribution < -0.4 is 10.6 Å². The molecular formula is C18H30IN5O. The smallest absolute Gasteiger partial charge is 0.227 e. The highest BCUT2D eigenvalue weighted by Gasteiger charge is 2.30. The number of pyridine rings is 1. The molecule has 1 aliphatic rings. The zero-order valence-electron chi connectivity index (χ0n) is 15.6. The monoisotopic (exact) mass is 459 g/mol.